The molecule has 0 aliphatic rings. The first kappa shape index (κ1) is 40.0. The molecule has 10 aromatic carbocycles. The molecule has 56 heavy (non-hydrogen) atoms. The molecule has 0 aromatic heterocycles. The van der Waals surface area contributed by atoms with E-state index in [0.717, 1.165) is 0 Å². The summed E-state index contributed by atoms with van der Waals surface area (Å²) in [6, 6.07) is 73.2. The summed E-state index contributed by atoms with van der Waals surface area (Å²) < 4.78 is 0. The topological polar surface area (TPSA) is 0 Å². The molecule has 0 N–H and O–H groups in total. The minimum atomic E-state index is 0. The van der Waals surface area contributed by atoms with Crippen LogP contribution in [0.3, 0.4) is 0 Å². The van der Waals surface area contributed by atoms with Gasteiger partial charge in [-0.1, -0.05) is 158 Å². The third-order valence-electron chi connectivity index (χ3n) is 9.88. The molecule has 0 bridgehead atoms. The minimum absolute atomic E-state index is 0. The van der Waals surface area contributed by atoms with Crippen LogP contribution in [0.4, 0.5) is 0 Å². The fourth-order valence-corrected chi connectivity index (χ4v) is 7.45. The van der Waals surface area contributed by atoms with Gasteiger partial charge in [-0.3, -0.25) is 0 Å². The van der Waals surface area contributed by atoms with Crippen molar-refractivity contribution in [2.24, 2.45) is 0 Å². The van der Waals surface area contributed by atoms with E-state index in [4.69, 9.17) is 0 Å². The largest absolute Gasteiger partial charge is 4.00 e. The van der Waals surface area contributed by atoms with Crippen LogP contribution in [0.1, 0.15) is 22.3 Å². The average molecular weight is 900 g/mol. The smallest absolute Gasteiger partial charge is 0.533 e. The Morgan fingerprint density at radius 2 is 0.696 bits per heavy atom. The Morgan fingerprint density at radius 3 is 1.11 bits per heavy atom. The first-order valence-corrected chi connectivity index (χ1v) is 19.6. The number of hydrogen-bond donors (Lipinski definition) is 0. The monoisotopic (exact) mass is 900 g/mol. The Balaban J connectivity index is 0.000000141. The van der Waals surface area contributed by atoms with Gasteiger partial charge in [0.05, 0.1) is 0 Å². The van der Waals surface area contributed by atoms with Crippen LogP contribution < -0.4 is 0 Å². The van der Waals surface area contributed by atoms with E-state index in [2.05, 4.69) is 221 Å². The van der Waals surface area contributed by atoms with Crippen molar-refractivity contribution in [3.05, 3.63) is 235 Å². The quantitative estimate of drug-likeness (QED) is 0.122. The van der Waals surface area contributed by atoms with Gasteiger partial charge in [0, 0.05) is 0 Å². The van der Waals surface area contributed by atoms with Crippen molar-refractivity contribution in [1.29, 1.82) is 0 Å². The second kappa shape index (κ2) is 19.3. The Kier molecular flexibility index (Phi) is 13.8. The molecular formula is C54H44HfSi. The van der Waals surface area contributed by atoms with Gasteiger partial charge >= 0.3 is 25.8 Å². The Bertz CT molecular complexity index is 2590. The molecule has 10 aromatic rings. The van der Waals surface area contributed by atoms with E-state index in [1.165, 1.54) is 97.5 Å². The van der Waals surface area contributed by atoms with E-state index in [9.17, 15) is 0 Å². The molecule has 10 rings (SSSR count). The van der Waals surface area contributed by atoms with E-state index in [1.54, 1.807) is 0 Å². The van der Waals surface area contributed by atoms with Crippen LogP contribution in [0.15, 0.2) is 206 Å². The third kappa shape index (κ3) is 9.22. The van der Waals surface area contributed by atoms with Gasteiger partial charge in [-0.05, 0) is 32.7 Å². The maximum Gasteiger partial charge on any atom is 4.00 e. The molecule has 0 spiro atoms. The van der Waals surface area contributed by atoms with Crippen LogP contribution in [0.2, 0.25) is 0 Å². The summed E-state index contributed by atoms with van der Waals surface area (Å²) >= 11 is 0. The molecule has 0 amide bonds. The fraction of sp³-hybridized carbons (Fsp3) is 0.0370. The predicted octanol–water partition coefficient (Wildman–Crippen LogP) is 13.6. The second-order valence-corrected chi connectivity index (χ2v) is 13.7. The molecule has 0 radical (unpaired) electrons. The van der Waals surface area contributed by atoms with Gasteiger partial charge in [0.1, 0.15) is 0 Å². The predicted molar refractivity (Wildman–Crippen MR) is 244 cm³/mol. The van der Waals surface area contributed by atoms with E-state index in [0.29, 0.717) is 0 Å². The van der Waals surface area contributed by atoms with Gasteiger partial charge in [-0.15, -0.1) is 111 Å². The third-order valence-corrected chi connectivity index (χ3v) is 9.88. The fourth-order valence-electron chi connectivity index (χ4n) is 7.45. The van der Waals surface area contributed by atoms with Gasteiger partial charge in [0.2, 0.25) is 0 Å². The van der Waals surface area contributed by atoms with Crippen molar-refractivity contribution in [1.82, 2.24) is 0 Å². The summed E-state index contributed by atoms with van der Waals surface area (Å²) in [6.45, 7) is 4.32. The number of rotatable bonds is 4. The summed E-state index contributed by atoms with van der Waals surface area (Å²) in [4.78, 5) is 0. The van der Waals surface area contributed by atoms with Crippen molar-refractivity contribution in [2.75, 3.05) is 0 Å². The molecular weight excluding hydrogens is 855 g/mol. The van der Waals surface area contributed by atoms with Gasteiger partial charge in [-0.2, -0.15) is 12.1 Å². The van der Waals surface area contributed by atoms with Crippen LogP contribution in [-0.4, -0.2) is 16.0 Å². The molecule has 0 unspecified atom stereocenters. The Morgan fingerprint density at radius 1 is 0.375 bits per heavy atom. The summed E-state index contributed by atoms with van der Waals surface area (Å²) in [7, 11) is 1.36. The maximum absolute atomic E-state index is 4.53. The van der Waals surface area contributed by atoms with Crippen molar-refractivity contribution >= 4 is 59.1 Å². The minimum Gasteiger partial charge on any atom is -0.533 e. The number of hydrogen-bond acceptors (Lipinski definition) is 0. The van der Waals surface area contributed by atoms with Gasteiger partial charge < -0.3 is 6.17 Å². The van der Waals surface area contributed by atoms with E-state index in [-0.39, 0.29) is 25.8 Å². The van der Waals surface area contributed by atoms with Crippen LogP contribution >= 0.6 is 0 Å². The van der Waals surface area contributed by atoms with Crippen LogP contribution in [0, 0.1) is 20.3 Å². The second-order valence-electron chi connectivity index (χ2n) is 13.7. The zero-order valence-corrected chi connectivity index (χ0v) is 37.0. The normalized spacial score (nSPS) is 10.3. The molecule has 0 nitrogen and oxygen atoms in total. The zero-order chi connectivity index (χ0) is 38.0. The first-order valence-electron chi connectivity index (χ1n) is 18.7. The molecule has 0 aliphatic carbocycles. The molecule has 0 fully saturated rings. The van der Waals surface area contributed by atoms with Crippen molar-refractivity contribution in [2.45, 2.75) is 13.8 Å². The first-order chi connectivity index (χ1) is 27.1. The zero-order valence-electron chi connectivity index (χ0n) is 32.0. The summed E-state index contributed by atoms with van der Waals surface area (Å²) in [5, 5.41) is 10.6. The van der Waals surface area contributed by atoms with Gasteiger partial charge in [-0.25, -0.2) is 9.85 Å². The van der Waals surface area contributed by atoms with Crippen molar-refractivity contribution in [3.63, 3.8) is 0 Å². The number of aryl methyl sites for hydroxylation is 2. The standard InChI is InChI=1S/2C20H15.C13H11.CH3Si.Hf/c2*1-14-12-16-8-5-11-19(20(16)13-14)18-10-4-7-15-6-2-3-9-17(15)18;1-3-7-12(8-4-1)11-13-9-5-2-6-10-13;1-2;/h2*2-13H,1H3;1-11H;1H,2H2;/q4*-1;+4. The van der Waals surface area contributed by atoms with Gasteiger partial charge in [0.25, 0.3) is 0 Å². The maximum atomic E-state index is 4.53. The van der Waals surface area contributed by atoms with E-state index < -0.39 is 0 Å². The van der Waals surface area contributed by atoms with Crippen LogP contribution in [0.25, 0.3) is 65.3 Å². The molecule has 2 heteroatoms. The Hall–Kier alpha value is -5.67. The average Bonchev–Trinajstić information content (AvgIpc) is 3.83. The molecule has 0 aliphatic heterocycles. The van der Waals surface area contributed by atoms with E-state index >= 15 is 0 Å². The Labute approximate surface area is 353 Å². The molecule has 0 saturated heterocycles. The molecule has 0 atom stereocenters. The number of fused-ring (bicyclic) bond motifs is 4. The summed E-state index contributed by atoms with van der Waals surface area (Å²) in [5.41, 5.74) is 10.4. The summed E-state index contributed by atoms with van der Waals surface area (Å²) in [5.74, 6) is 0. The van der Waals surface area contributed by atoms with Crippen molar-refractivity contribution < 1.29 is 25.8 Å². The van der Waals surface area contributed by atoms with Crippen molar-refractivity contribution in [3.8, 4) is 22.3 Å². The molecule has 0 heterocycles. The number of benzene rings is 8. The van der Waals surface area contributed by atoms with Crippen LogP contribution in [-0.2, 0) is 25.8 Å². The summed E-state index contributed by atoms with van der Waals surface area (Å²) in [6.07, 6.45) is 6.69. The molecule has 268 valence electrons. The molecule has 0 saturated carbocycles. The van der Waals surface area contributed by atoms with E-state index in [1.807, 2.05) is 12.1 Å². The van der Waals surface area contributed by atoms with Crippen LogP contribution in [0.5, 0.6) is 0 Å². The SMILES string of the molecule is Cc1cc2c(-c3cccc4ccccc34)cccc2[cH-]1.Cc1cc2c(-c3cccc4ccccc34)cccc2[cH-]1.[CH-]=[SiH2].[Hf+4].c1ccc([CH-]c2ccccc2)cc1. The van der Waals surface area contributed by atoms with Gasteiger partial charge in [0.15, 0.2) is 0 Å².